The summed E-state index contributed by atoms with van der Waals surface area (Å²) in [6.45, 7) is 2.44. The van der Waals surface area contributed by atoms with Gasteiger partial charge in [0.2, 0.25) is 0 Å². The minimum absolute atomic E-state index is 0.0203. The zero-order valence-corrected chi connectivity index (χ0v) is 15.0. The molecular formula is C20H32O4. The molecule has 0 aromatic rings. The third-order valence-electron chi connectivity index (χ3n) is 5.50. The third-order valence-corrected chi connectivity index (χ3v) is 5.50. The standard InChI is InChI=1S/C20H32O4/c1-2-3-14-24-20(23)18(16-12-8-5-9-13-16)17(19(21)22)15-10-6-4-7-11-15/h15-16H,2-14H2,1H3,(H,21,22)/b18-17-. The average Bonchev–Trinajstić information content (AvgIpc) is 2.60. The van der Waals surface area contributed by atoms with Crippen LogP contribution in [0.15, 0.2) is 11.1 Å². The van der Waals surface area contributed by atoms with Crippen molar-refractivity contribution in [3.05, 3.63) is 11.1 Å². The molecule has 1 N–H and O–H groups in total. The summed E-state index contributed by atoms with van der Waals surface area (Å²) in [5.74, 6) is -1.18. The van der Waals surface area contributed by atoms with Gasteiger partial charge in [0.25, 0.3) is 0 Å². The van der Waals surface area contributed by atoms with Crippen molar-refractivity contribution in [3.63, 3.8) is 0 Å². The minimum atomic E-state index is -0.907. The lowest BCUT2D eigenvalue weighted by Crippen LogP contribution is -2.27. The average molecular weight is 336 g/mol. The van der Waals surface area contributed by atoms with Crippen LogP contribution in [0, 0.1) is 11.8 Å². The van der Waals surface area contributed by atoms with Crippen molar-refractivity contribution in [2.24, 2.45) is 11.8 Å². The Morgan fingerprint density at radius 3 is 1.83 bits per heavy atom. The molecule has 4 heteroatoms. The van der Waals surface area contributed by atoms with Crippen LogP contribution in [0.2, 0.25) is 0 Å². The van der Waals surface area contributed by atoms with Crippen molar-refractivity contribution < 1.29 is 19.4 Å². The number of hydrogen-bond acceptors (Lipinski definition) is 3. The number of unbranched alkanes of at least 4 members (excludes halogenated alkanes) is 1. The zero-order chi connectivity index (χ0) is 17.4. The summed E-state index contributed by atoms with van der Waals surface area (Å²) in [5, 5.41) is 9.88. The second kappa shape index (κ2) is 9.85. The van der Waals surface area contributed by atoms with Crippen molar-refractivity contribution >= 4 is 11.9 Å². The molecule has 0 aromatic carbocycles. The number of carboxylic acid groups (broad SMARTS) is 1. The predicted molar refractivity (Wildman–Crippen MR) is 93.7 cm³/mol. The fourth-order valence-electron chi connectivity index (χ4n) is 4.18. The highest BCUT2D eigenvalue weighted by atomic mass is 16.5. The summed E-state index contributed by atoms with van der Waals surface area (Å²) < 4.78 is 5.46. The van der Waals surface area contributed by atoms with Crippen molar-refractivity contribution in [1.29, 1.82) is 0 Å². The molecule has 0 aliphatic heterocycles. The summed E-state index contributed by atoms with van der Waals surface area (Å²) in [5.41, 5.74) is 0.883. The number of aliphatic carboxylic acids is 1. The van der Waals surface area contributed by atoms with Crippen LogP contribution in [0.5, 0.6) is 0 Å². The minimum Gasteiger partial charge on any atom is -0.478 e. The number of carbonyl (C=O) groups excluding carboxylic acids is 1. The van der Waals surface area contributed by atoms with E-state index in [-0.39, 0.29) is 17.8 Å². The quantitative estimate of drug-likeness (QED) is 0.409. The van der Waals surface area contributed by atoms with E-state index in [9.17, 15) is 14.7 Å². The molecule has 0 bridgehead atoms. The molecule has 4 nitrogen and oxygen atoms in total. The van der Waals surface area contributed by atoms with Gasteiger partial charge in [-0.1, -0.05) is 51.9 Å². The zero-order valence-electron chi connectivity index (χ0n) is 15.0. The van der Waals surface area contributed by atoms with Gasteiger partial charge in [-0.25, -0.2) is 9.59 Å². The van der Waals surface area contributed by atoms with Crippen LogP contribution < -0.4 is 0 Å². The fraction of sp³-hybridized carbons (Fsp3) is 0.800. The van der Waals surface area contributed by atoms with E-state index in [2.05, 4.69) is 6.92 Å². The highest BCUT2D eigenvalue weighted by molar-refractivity contribution is 6.00. The molecule has 0 unspecified atom stereocenters. The predicted octanol–water partition coefficient (Wildman–Crippen LogP) is 4.87. The van der Waals surface area contributed by atoms with Crippen LogP contribution in [0.3, 0.4) is 0 Å². The van der Waals surface area contributed by atoms with E-state index in [0.717, 1.165) is 64.2 Å². The lowest BCUT2D eigenvalue weighted by molar-refractivity contribution is -0.141. The molecular weight excluding hydrogens is 304 g/mol. The number of ether oxygens (including phenoxy) is 1. The molecule has 0 heterocycles. The van der Waals surface area contributed by atoms with Crippen LogP contribution in [-0.2, 0) is 14.3 Å². The maximum absolute atomic E-state index is 12.8. The monoisotopic (exact) mass is 336 g/mol. The molecule has 2 aliphatic carbocycles. The largest absolute Gasteiger partial charge is 0.478 e. The molecule has 0 spiro atoms. The van der Waals surface area contributed by atoms with Gasteiger partial charge in [0.05, 0.1) is 17.8 Å². The molecule has 2 rings (SSSR count). The molecule has 2 fully saturated rings. The second-order valence-electron chi connectivity index (χ2n) is 7.29. The molecule has 0 radical (unpaired) electrons. The van der Waals surface area contributed by atoms with E-state index in [0.29, 0.717) is 17.8 Å². The fourth-order valence-corrected chi connectivity index (χ4v) is 4.18. The molecule has 2 saturated carbocycles. The summed E-state index contributed by atoms with van der Waals surface area (Å²) in [7, 11) is 0. The first-order valence-electron chi connectivity index (χ1n) is 9.79. The Balaban J connectivity index is 2.30. The molecule has 2 aliphatic rings. The van der Waals surface area contributed by atoms with Crippen LogP contribution in [0.1, 0.15) is 84.0 Å². The summed E-state index contributed by atoms with van der Waals surface area (Å²) >= 11 is 0. The van der Waals surface area contributed by atoms with E-state index in [1.807, 2.05) is 0 Å². The Morgan fingerprint density at radius 1 is 0.875 bits per heavy atom. The first-order valence-corrected chi connectivity index (χ1v) is 9.79. The van der Waals surface area contributed by atoms with Crippen LogP contribution in [0.25, 0.3) is 0 Å². The van der Waals surface area contributed by atoms with Crippen LogP contribution in [-0.4, -0.2) is 23.7 Å². The lowest BCUT2D eigenvalue weighted by atomic mass is 9.75. The molecule has 24 heavy (non-hydrogen) atoms. The third kappa shape index (κ3) is 5.09. The van der Waals surface area contributed by atoms with E-state index in [1.54, 1.807) is 0 Å². The van der Waals surface area contributed by atoms with E-state index < -0.39 is 5.97 Å². The van der Waals surface area contributed by atoms with Gasteiger partial charge >= 0.3 is 11.9 Å². The Hall–Kier alpha value is -1.32. The molecule has 0 saturated heterocycles. The molecule has 0 amide bonds. The maximum Gasteiger partial charge on any atom is 0.334 e. The number of hydrogen-bond donors (Lipinski definition) is 1. The number of rotatable bonds is 7. The van der Waals surface area contributed by atoms with Gasteiger partial charge in [-0.05, 0) is 43.9 Å². The Bertz CT molecular complexity index is 454. The van der Waals surface area contributed by atoms with Gasteiger partial charge in [-0.2, -0.15) is 0 Å². The summed E-state index contributed by atoms with van der Waals surface area (Å²) in [6, 6.07) is 0. The van der Waals surface area contributed by atoms with Crippen LogP contribution in [0.4, 0.5) is 0 Å². The van der Waals surface area contributed by atoms with Gasteiger partial charge in [0.1, 0.15) is 0 Å². The van der Waals surface area contributed by atoms with Gasteiger partial charge in [0, 0.05) is 0 Å². The van der Waals surface area contributed by atoms with Crippen LogP contribution >= 0.6 is 0 Å². The van der Waals surface area contributed by atoms with E-state index in [4.69, 9.17) is 4.74 Å². The van der Waals surface area contributed by atoms with Gasteiger partial charge in [0.15, 0.2) is 0 Å². The summed E-state index contributed by atoms with van der Waals surface area (Å²) in [4.78, 5) is 24.8. The van der Waals surface area contributed by atoms with Crippen molar-refractivity contribution in [3.8, 4) is 0 Å². The number of carbonyl (C=O) groups is 2. The first-order chi connectivity index (χ1) is 11.6. The lowest BCUT2D eigenvalue weighted by Gasteiger charge is -2.29. The molecule has 0 aromatic heterocycles. The maximum atomic E-state index is 12.8. The smallest absolute Gasteiger partial charge is 0.334 e. The van der Waals surface area contributed by atoms with E-state index >= 15 is 0 Å². The van der Waals surface area contributed by atoms with E-state index in [1.165, 1.54) is 12.8 Å². The SMILES string of the molecule is CCCCOC(=O)/C(=C(\C(=O)O)C1CCCCC1)C1CCCCC1. The van der Waals surface area contributed by atoms with Gasteiger partial charge in [-0.3, -0.25) is 0 Å². The Kier molecular flexibility index (Phi) is 7.80. The first kappa shape index (κ1) is 19.0. The second-order valence-corrected chi connectivity index (χ2v) is 7.29. The Morgan fingerprint density at radius 2 is 1.38 bits per heavy atom. The van der Waals surface area contributed by atoms with Gasteiger partial charge < -0.3 is 9.84 Å². The summed E-state index contributed by atoms with van der Waals surface area (Å²) in [6.07, 6.45) is 12.0. The highest BCUT2D eigenvalue weighted by Crippen LogP contribution is 2.38. The van der Waals surface area contributed by atoms with Crippen molar-refractivity contribution in [2.45, 2.75) is 84.0 Å². The Labute approximate surface area is 145 Å². The topological polar surface area (TPSA) is 63.6 Å². The number of esters is 1. The number of carboxylic acids is 1. The van der Waals surface area contributed by atoms with Gasteiger partial charge in [-0.15, -0.1) is 0 Å². The normalized spacial score (nSPS) is 21.2. The van der Waals surface area contributed by atoms with Crippen molar-refractivity contribution in [2.75, 3.05) is 6.61 Å². The molecule has 136 valence electrons. The van der Waals surface area contributed by atoms with Crippen molar-refractivity contribution in [1.82, 2.24) is 0 Å². The molecule has 0 atom stereocenters. The highest BCUT2D eigenvalue weighted by Gasteiger charge is 2.34.